The zero-order valence-corrected chi connectivity index (χ0v) is 13.9. The third-order valence-corrected chi connectivity index (χ3v) is 4.01. The van der Waals surface area contributed by atoms with Crippen LogP contribution in [0, 0.1) is 0 Å². The molecule has 4 heteroatoms. The summed E-state index contributed by atoms with van der Waals surface area (Å²) in [6.45, 7) is 12.3. The molecular weight excluding hydrogens is 252 g/mol. The van der Waals surface area contributed by atoms with Gasteiger partial charge in [-0.3, -0.25) is 0 Å². The third kappa shape index (κ3) is 8.41. The molecule has 0 bridgehead atoms. The maximum absolute atomic E-state index is 11.2. The van der Waals surface area contributed by atoms with Crippen LogP contribution in [0.25, 0.3) is 0 Å². The van der Waals surface area contributed by atoms with E-state index in [1.165, 1.54) is 17.7 Å². The number of carboxylic acid groups (broad SMARTS) is 1. The van der Waals surface area contributed by atoms with Gasteiger partial charge in [0.05, 0.1) is 0 Å². The summed E-state index contributed by atoms with van der Waals surface area (Å²) in [4.78, 5) is 15.1. The Morgan fingerprint density at radius 1 is 1.00 bits per heavy atom. The van der Waals surface area contributed by atoms with Crippen LogP contribution in [0.15, 0.2) is 0 Å². The molecule has 4 nitrogen and oxygen atoms in total. The summed E-state index contributed by atoms with van der Waals surface area (Å²) in [5, 5.41) is 11.2. The molecule has 0 aromatic rings. The number of rotatable bonds is 12. The number of nitrogens with zero attached hydrogens (tertiary/aromatic N) is 2. The van der Waals surface area contributed by atoms with E-state index in [0.717, 1.165) is 45.3 Å². The van der Waals surface area contributed by atoms with E-state index in [9.17, 15) is 9.90 Å². The fourth-order valence-corrected chi connectivity index (χ4v) is 2.51. The lowest BCUT2D eigenvalue weighted by atomic mass is 10.1. The van der Waals surface area contributed by atoms with E-state index in [4.69, 9.17) is 0 Å². The minimum atomic E-state index is -1.02. The highest BCUT2D eigenvalue weighted by Gasteiger charge is 2.13. The van der Waals surface area contributed by atoms with Crippen LogP contribution in [0.1, 0.15) is 66.2 Å². The molecule has 0 aromatic heterocycles. The molecule has 0 aliphatic rings. The molecule has 0 saturated heterocycles. The molecule has 0 radical (unpaired) electrons. The fourth-order valence-electron chi connectivity index (χ4n) is 2.51. The van der Waals surface area contributed by atoms with Gasteiger partial charge in [0.15, 0.2) is 0 Å². The molecule has 0 aliphatic heterocycles. The number of hydrogen-bond acceptors (Lipinski definition) is 3. The number of unbranched alkanes of at least 4 members (excludes halogenated alkanes) is 3. The Morgan fingerprint density at radius 2 is 1.65 bits per heavy atom. The Morgan fingerprint density at radius 3 is 2.15 bits per heavy atom. The normalized spacial score (nSPS) is 12.7. The van der Waals surface area contributed by atoms with E-state index in [1.54, 1.807) is 0 Å². The van der Waals surface area contributed by atoms with E-state index in [0.29, 0.717) is 6.54 Å². The molecular formula is C16H33N2O2-. The first-order valence-electron chi connectivity index (χ1n) is 8.26. The molecule has 1 atom stereocenters. The monoisotopic (exact) mass is 285 g/mol. The van der Waals surface area contributed by atoms with Crippen molar-refractivity contribution >= 4 is 6.09 Å². The number of carbonyl (C=O) groups is 1. The molecule has 20 heavy (non-hydrogen) atoms. The Balaban J connectivity index is 4.02. The Labute approximate surface area is 125 Å². The lowest BCUT2D eigenvalue weighted by molar-refractivity contribution is -0.268. The van der Waals surface area contributed by atoms with Crippen molar-refractivity contribution in [3.05, 3.63) is 0 Å². The smallest absolute Gasteiger partial charge is 0.137 e. The van der Waals surface area contributed by atoms with Gasteiger partial charge in [-0.05, 0) is 45.8 Å². The highest BCUT2D eigenvalue weighted by Crippen LogP contribution is 2.10. The summed E-state index contributed by atoms with van der Waals surface area (Å²) in [5.74, 6) is 0. The average molecular weight is 285 g/mol. The van der Waals surface area contributed by atoms with Gasteiger partial charge >= 0.3 is 0 Å². The average Bonchev–Trinajstić information content (AvgIpc) is 2.43. The highest BCUT2D eigenvalue weighted by atomic mass is 16.4. The highest BCUT2D eigenvalue weighted by molar-refractivity contribution is 5.62. The van der Waals surface area contributed by atoms with Gasteiger partial charge < -0.3 is 19.7 Å². The van der Waals surface area contributed by atoms with Gasteiger partial charge in [-0.1, -0.05) is 40.0 Å². The summed E-state index contributed by atoms with van der Waals surface area (Å²) in [6, 6.07) is 0.0668. The van der Waals surface area contributed by atoms with Crippen molar-refractivity contribution in [1.29, 1.82) is 0 Å². The van der Waals surface area contributed by atoms with Gasteiger partial charge in [-0.15, -0.1) is 0 Å². The molecule has 0 N–H and O–H groups in total. The first-order valence-corrected chi connectivity index (χ1v) is 8.26. The maximum atomic E-state index is 11.2. The molecule has 1 amide bonds. The van der Waals surface area contributed by atoms with Crippen LogP contribution in [0.3, 0.4) is 0 Å². The van der Waals surface area contributed by atoms with Gasteiger partial charge in [0, 0.05) is 12.6 Å². The number of amides is 1. The fraction of sp³-hybridized carbons (Fsp3) is 0.938. The molecule has 0 aromatic carbocycles. The summed E-state index contributed by atoms with van der Waals surface area (Å²) in [7, 11) is 0. The lowest BCUT2D eigenvalue weighted by Gasteiger charge is -2.32. The largest absolute Gasteiger partial charge is 0.530 e. The molecule has 120 valence electrons. The van der Waals surface area contributed by atoms with E-state index in [2.05, 4.69) is 25.7 Å². The maximum Gasteiger partial charge on any atom is 0.137 e. The van der Waals surface area contributed by atoms with Gasteiger partial charge in [0.25, 0.3) is 0 Å². The van der Waals surface area contributed by atoms with Crippen molar-refractivity contribution < 1.29 is 9.90 Å². The molecule has 0 rings (SSSR count). The van der Waals surface area contributed by atoms with Crippen LogP contribution in [0.4, 0.5) is 4.79 Å². The van der Waals surface area contributed by atoms with Crippen LogP contribution in [-0.2, 0) is 0 Å². The second-order valence-electron chi connectivity index (χ2n) is 5.54. The first-order chi connectivity index (χ1) is 9.56. The second kappa shape index (κ2) is 12.0. The zero-order valence-electron chi connectivity index (χ0n) is 13.9. The molecule has 0 heterocycles. The number of carbonyl (C=O) groups excluding carboxylic acids is 1. The van der Waals surface area contributed by atoms with Crippen molar-refractivity contribution in [3.63, 3.8) is 0 Å². The quantitative estimate of drug-likeness (QED) is 0.518. The van der Waals surface area contributed by atoms with Crippen molar-refractivity contribution in [2.45, 2.75) is 72.3 Å². The van der Waals surface area contributed by atoms with Gasteiger partial charge in [-0.25, -0.2) is 0 Å². The number of hydrogen-bond donors (Lipinski definition) is 0. The van der Waals surface area contributed by atoms with Crippen LogP contribution >= 0.6 is 0 Å². The van der Waals surface area contributed by atoms with Gasteiger partial charge in [0.2, 0.25) is 0 Å². The van der Waals surface area contributed by atoms with E-state index >= 15 is 0 Å². The molecule has 0 aliphatic carbocycles. The first kappa shape index (κ1) is 19.2. The molecule has 0 spiro atoms. The Hall–Kier alpha value is -0.770. The van der Waals surface area contributed by atoms with Crippen LogP contribution in [0.2, 0.25) is 0 Å². The zero-order chi connectivity index (χ0) is 15.4. The lowest BCUT2D eigenvalue weighted by Crippen LogP contribution is -2.47. The summed E-state index contributed by atoms with van der Waals surface area (Å²) < 4.78 is 0. The second-order valence-corrected chi connectivity index (χ2v) is 5.54. The summed E-state index contributed by atoms with van der Waals surface area (Å²) in [6.07, 6.45) is 5.34. The van der Waals surface area contributed by atoms with Crippen molar-refractivity contribution in [1.82, 2.24) is 9.80 Å². The van der Waals surface area contributed by atoms with Crippen molar-refractivity contribution in [2.24, 2.45) is 0 Å². The topological polar surface area (TPSA) is 46.6 Å². The Kier molecular flexibility index (Phi) is 11.5. The SMILES string of the molecule is CCCCCCN(C(=O)[O-])C(C)CCCN(CC)CC. The van der Waals surface area contributed by atoms with E-state index < -0.39 is 6.09 Å². The Bertz CT molecular complexity index is 243. The predicted molar refractivity (Wildman–Crippen MR) is 82.7 cm³/mol. The minimum Gasteiger partial charge on any atom is -0.530 e. The predicted octanol–water partition coefficient (Wildman–Crippen LogP) is 2.72. The summed E-state index contributed by atoms with van der Waals surface area (Å²) >= 11 is 0. The third-order valence-electron chi connectivity index (χ3n) is 4.01. The standard InChI is InChI=1S/C16H34N2O2/c1-5-8-9-10-14-18(16(19)20)15(4)12-11-13-17(6-2)7-3/h15H,5-14H2,1-4H3,(H,19,20)/p-1. The van der Waals surface area contributed by atoms with E-state index in [-0.39, 0.29) is 6.04 Å². The van der Waals surface area contributed by atoms with Crippen LogP contribution in [-0.4, -0.2) is 48.1 Å². The molecule has 0 saturated carbocycles. The van der Waals surface area contributed by atoms with Crippen molar-refractivity contribution in [2.75, 3.05) is 26.2 Å². The van der Waals surface area contributed by atoms with Crippen LogP contribution in [0.5, 0.6) is 0 Å². The van der Waals surface area contributed by atoms with Crippen LogP contribution < -0.4 is 5.11 Å². The van der Waals surface area contributed by atoms with Gasteiger partial charge in [-0.2, -0.15) is 0 Å². The summed E-state index contributed by atoms with van der Waals surface area (Å²) in [5.41, 5.74) is 0. The van der Waals surface area contributed by atoms with Gasteiger partial charge in [0.1, 0.15) is 6.09 Å². The minimum absolute atomic E-state index is 0.0668. The van der Waals surface area contributed by atoms with Crippen molar-refractivity contribution in [3.8, 4) is 0 Å². The molecule has 1 unspecified atom stereocenters. The molecule has 0 fully saturated rings. The van der Waals surface area contributed by atoms with E-state index in [1.807, 2.05) is 6.92 Å².